The second kappa shape index (κ2) is 2.96. The van der Waals surface area contributed by atoms with Gasteiger partial charge in [-0.3, -0.25) is 4.90 Å². The number of rotatable bonds is 2. The largest absolute Gasteiger partial charge is 0.383 e. The number of halogens is 1. The molecule has 12 heavy (non-hydrogen) atoms. The Balaban J connectivity index is 2.15. The van der Waals surface area contributed by atoms with Crippen LogP contribution in [0, 0.1) is 0 Å². The molecule has 0 aromatic rings. The van der Waals surface area contributed by atoms with Crippen molar-refractivity contribution in [2.75, 3.05) is 26.8 Å². The Morgan fingerprint density at radius 3 is 3.17 bits per heavy atom. The zero-order valence-corrected chi connectivity index (χ0v) is 7.55. The van der Waals surface area contributed by atoms with Crippen LogP contribution in [0.1, 0.15) is 19.3 Å². The molecular formula is C9H16FNO. The van der Waals surface area contributed by atoms with E-state index in [1.165, 1.54) is 0 Å². The van der Waals surface area contributed by atoms with Crippen molar-refractivity contribution < 1.29 is 9.13 Å². The van der Waals surface area contributed by atoms with Gasteiger partial charge in [0.05, 0.1) is 12.1 Å². The van der Waals surface area contributed by atoms with Gasteiger partial charge in [0.1, 0.15) is 6.17 Å². The van der Waals surface area contributed by atoms with Crippen LogP contribution in [-0.2, 0) is 4.74 Å². The van der Waals surface area contributed by atoms with Crippen molar-refractivity contribution in [3.8, 4) is 0 Å². The van der Waals surface area contributed by atoms with Gasteiger partial charge in [-0.05, 0) is 25.8 Å². The van der Waals surface area contributed by atoms with E-state index in [1.807, 2.05) is 0 Å². The van der Waals surface area contributed by atoms with Crippen LogP contribution >= 0.6 is 0 Å². The highest BCUT2D eigenvalue weighted by Gasteiger charge is 2.51. The van der Waals surface area contributed by atoms with Crippen LogP contribution in [0.5, 0.6) is 0 Å². The summed E-state index contributed by atoms with van der Waals surface area (Å²) in [5, 5.41) is 0. The normalized spacial score (nSPS) is 42.0. The minimum Gasteiger partial charge on any atom is -0.383 e. The van der Waals surface area contributed by atoms with E-state index in [9.17, 15) is 4.39 Å². The molecule has 2 saturated heterocycles. The number of methoxy groups -OCH3 is 1. The first-order chi connectivity index (χ1) is 5.79. The maximum absolute atomic E-state index is 13.6. The molecule has 3 heteroatoms. The maximum atomic E-state index is 13.6. The lowest BCUT2D eigenvalue weighted by Gasteiger charge is -2.32. The number of nitrogens with zero attached hydrogens (tertiary/aromatic N) is 1. The van der Waals surface area contributed by atoms with Gasteiger partial charge in [0.2, 0.25) is 0 Å². The predicted octanol–water partition coefficient (Wildman–Crippen LogP) is 1.21. The first kappa shape index (κ1) is 8.45. The first-order valence-corrected chi connectivity index (χ1v) is 4.68. The zero-order chi connectivity index (χ0) is 8.60. The van der Waals surface area contributed by atoms with Gasteiger partial charge in [-0.2, -0.15) is 0 Å². The van der Waals surface area contributed by atoms with E-state index in [2.05, 4.69) is 4.90 Å². The van der Waals surface area contributed by atoms with Crippen molar-refractivity contribution >= 4 is 0 Å². The van der Waals surface area contributed by atoms with Crippen molar-refractivity contribution in [3.05, 3.63) is 0 Å². The van der Waals surface area contributed by atoms with Gasteiger partial charge in [-0.25, -0.2) is 4.39 Å². The molecule has 0 N–H and O–H groups in total. The fourth-order valence-electron chi connectivity index (χ4n) is 2.69. The molecule has 0 spiro atoms. The van der Waals surface area contributed by atoms with Crippen molar-refractivity contribution in [3.63, 3.8) is 0 Å². The van der Waals surface area contributed by atoms with Crippen LogP contribution in [-0.4, -0.2) is 43.4 Å². The van der Waals surface area contributed by atoms with Crippen molar-refractivity contribution in [1.82, 2.24) is 4.90 Å². The van der Waals surface area contributed by atoms with Gasteiger partial charge in [0, 0.05) is 13.7 Å². The van der Waals surface area contributed by atoms with Crippen LogP contribution in [0.15, 0.2) is 0 Å². The maximum Gasteiger partial charge on any atom is 0.122 e. The Hall–Kier alpha value is -0.150. The summed E-state index contributed by atoms with van der Waals surface area (Å²) >= 11 is 0. The number of alkyl halides is 1. The van der Waals surface area contributed by atoms with Crippen LogP contribution in [0.3, 0.4) is 0 Å². The molecule has 0 saturated carbocycles. The number of hydrogen-bond acceptors (Lipinski definition) is 2. The highest BCUT2D eigenvalue weighted by atomic mass is 19.1. The van der Waals surface area contributed by atoms with E-state index >= 15 is 0 Å². The lowest BCUT2D eigenvalue weighted by atomic mass is 9.93. The second-order valence-electron chi connectivity index (χ2n) is 3.88. The van der Waals surface area contributed by atoms with Crippen molar-refractivity contribution in [2.24, 2.45) is 0 Å². The zero-order valence-electron chi connectivity index (χ0n) is 7.55. The predicted molar refractivity (Wildman–Crippen MR) is 44.9 cm³/mol. The molecule has 2 rings (SSSR count). The van der Waals surface area contributed by atoms with E-state index in [0.29, 0.717) is 13.0 Å². The lowest BCUT2D eigenvalue weighted by molar-refractivity contribution is 0.0260. The molecule has 2 nitrogen and oxygen atoms in total. The Kier molecular flexibility index (Phi) is 2.09. The lowest BCUT2D eigenvalue weighted by Crippen LogP contribution is -2.48. The number of fused-ring (bicyclic) bond motifs is 1. The fraction of sp³-hybridized carbons (Fsp3) is 1.00. The Morgan fingerprint density at radius 2 is 2.42 bits per heavy atom. The fourth-order valence-corrected chi connectivity index (χ4v) is 2.69. The summed E-state index contributed by atoms with van der Waals surface area (Å²) in [6.07, 6.45) is 2.13. The minimum atomic E-state index is -0.667. The van der Waals surface area contributed by atoms with Gasteiger partial charge in [-0.15, -0.1) is 0 Å². The van der Waals surface area contributed by atoms with Crippen LogP contribution in [0.25, 0.3) is 0 Å². The summed E-state index contributed by atoms with van der Waals surface area (Å²) < 4.78 is 18.7. The third-order valence-corrected chi connectivity index (χ3v) is 3.30. The Bertz CT molecular complexity index is 176. The van der Waals surface area contributed by atoms with E-state index in [1.54, 1.807) is 7.11 Å². The molecule has 2 heterocycles. The van der Waals surface area contributed by atoms with Crippen molar-refractivity contribution in [2.45, 2.75) is 31.0 Å². The van der Waals surface area contributed by atoms with Crippen LogP contribution < -0.4 is 0 Å². The molecule has 0 unspecified atom stereocenters. The van der Waals surface area contributed by atoms with Crippen LogP contribution in [0.4, 0.5) is 4.39 Å². The van der Waals surface area contributed by atoms with Gasteiger partial charge in [0.15, 0.2) is 0 Å². The van der Waals surface area contributed by atoms with E-state index in [-0.39, 0.29) is 5.54 Å². The molecule has 2 aliphatic rings. The topological polar surface area (TPSA) is 12.5 Å². The van der Waals surface area contributed by atoms with E-state index in [4.69, 9.17) is 4.74 Å². The van der Waals surface area contributed by atoms with Gasteiger partial charge < -0.3 is 4.74 Å². The van der Waals surface area contributed by atoms with Crippen LogP contribution in [0.2, 0.25) is 0 Å². The van der Waals surface area contributed by atoms with E-state index < -0.39 is 6.17 Å². The summed E-state index contributed by atoms with van der Waals surface area (Å²) in [4.78, 5) is 2.27. The third-order valence-electron chi connectivity index (χ3n) is 3.30. The molecule has 2 fully saturated rings. The number of ether oxygens (including phenoxy) is 1. The molecule has 0 amide bonds. The van der Waals surface area contributed by atoms with E-state index in [0.717, 1.165) is 25.9 Å². The SMILES string of the molecule is COC[C@@]12CCCN1CC[C@H]2F. The standard InChI is InChI=1S/C9H16FNO/c1-12-7-9-4-2-5-11(9)6-3-8(9)10/h8H,2-7H2,1H3/t8-,9-/m1/s1. The second-order valence-corrected chi connectivity index (χ2v) is 3.88. The highest BCUT2D eigenvalue weighted by Crippen LogP contribution is 2.40. The van der Waals surface area contributed by atoms with Gasteiger partial charge >= 0.3 is 0 Å². The molecule has 2 aliphatic heterocycles. The molecule has 0 bridgehead atoms. The third kappa shape index (κ3) is 0.995. The summed E-state index contributed by atoms with van der Waals surface area (Å²) in [5.41, 5.74) is -0.241. The molecule has 0 radical (unpaired) electrons. The molecule has 2 atom stereocenters. The molecular weight excluding hydrogens is 157 g/mol. The Labute approximate surface area is 72.7 Å². The smallest absolute Gasteiger partial charge is 0.122 e. The van der Waals surface area contributed by atoms with Gasteiger partial charge in [0.25, 0.3) is 0 Å². The first-order valence-electron chi connectivity index (χ1n) is 4.68. The van der Waals surface area contributed by atoms with Gasteiger partial charge in [-0.1, -0.05) is 0 Å². The molecule has 0 aromatic carbocycles. The molecule has 0 aliphatic carbocycles. The average molecular weight is 173 g/mol. The summed E-state index contributed by atoms with van der Waals surface area (Å²) in [6, 6.07) is 0. The summed E-state index contributed by atoms with van der Waals surface area (Å²) in [7, 11) is 1.66. The minimum absolute atomic E-state index is 0.241. The molecule has 70 valence electrons. The molecule has 0 aromatic heterocycles. The highest BCUT2D eigenvalue weighted by molar-refractivity contribution is 5.06. The van der Waals surface area contributed by atoms with Crippen molar-refractivity contribution in [1.29, 1.82) is 0 Å². The quantitative estimate of drug-likeness (QED) is 0.622. The number of hydrogen-bond donors (Lipinski definition) is 0. The summed E-state index contributed by atoms with van der Waals surface area (Å²) in [6.45, 7) is 2.54. The average Bonchev–Trinajstić information content (AvgIpc) is 2.55. The monoisotopic (exact) mass is 173 g/mol. The Morgan fingerprint density at radius 1 is 1.58 bits per heavy atom. The summed E-state index contributed by atoms with van der Waals surface area (Å²) in [5.74, 6) is 0.